The van der Waals surface area contributed by atoms with E-state index >= 15 is 0 Å². The molecule has 2 unspecified atom stereocenters. The fourth-order valence-electron chi connectivity index (χ4n) is 2.53. The number of carboxylic acid groups (broad SMARTS) is 1. The minimum atomic E-state index is -1.41. The first kappa shape index (κ1) is 17.7. The van der Waals surface area contributed by atoms with Crippen LogP contribution < -0.4 is 17.2 Å². The lowest BCUT2D eigenvalue weighted by Gasteiger charge is -2.25. The summed E-state index contributed by atoms with van der Waals surface area (Å²) in [5.41, 5.74) is 15.8. The van der Waals surface area contributed by atoms with E-state index in [-0.39, 0.29) is 24.7 Å². The molecule has 0 aromatic heterocycles. The molecule has 1 heterocycles. The van der Waals surface area contributed by atoms with Crippen molar-refractivity contribution >= 4 is 19.0 Å². The summed E-state index contributed by atoms with van der Waals surface area (Å²) in [6.07, 6.45) is 1.13. The molecule has 1 rings (SSSR count). The van der Waals surface area contributed by atoms with Crippen LogP contribution in [0.15, 0.2) is 4.99 Å². The second-order valence-corrected chi connectivity index (χ2v) is 5.36. The average molecular weight is 301 g/mol. The number of nitrogens with two attached hydrogens (primary N) is 3. The van der Waals surface area contributed by atoms with Crippen LogP contribution in [0.3, 0.4) is 0 Å². The van der Waals surface area contributed by atoms with E-state index in [4.69, 9.17) is 27.2 Å². The number of likely N-dealkylation sites (tertiary alicyclic amines) is 1. The van der Waals surface area contributed by atoms with Gasteiger partial charge in [-0.15, -0.1) is 0 Å². The number of guanidine groups is 1. The summed E-state index contributed by atoms with van der Waals surface area (Å²) < 4.78 is 0. The predicted octanol–water partition coefficient (Wildman–Crippen LogP) is -2.77. The van der Waals surface area contributed by atoms with Crippen LogP contribution in [-0.2, 0) is 4.79 Å². The lowest BCUT2D eigenvalue weighted by atomic mass is 9.78. The SMILES string of the molecule is NCCN=C(N)N1CC(CCCB(O)O)C(N)(C(=O)O)C1. The number of carbonyl (C=O) groups is 1. The lowest BCUT2D eigenvalue weighted by molar-refractivity contribution is -0.144. The molecular formula is C11H24BN5O4. The number of aliphatic imine (C=N–C) groups is 1. The molecule has 0 aromatic rings. The van der Waals surface area contributed by atoms with Crippen LogP contribution in [0.2, 0.25) is 6.32 Å². The monoisotopic (exact) mass is 301 g/mol. The van der Waals surface area contributed by atoms with Crippen molar-refractivity contribution in [3.8, 4) is 0 Å². The maximum atomic E-state index is 11.5. The Hall–Kier alpha value is -1.36. The first-order valence-corrected chi connectivity index (χ1v) is 6.94. The molecule has 1 fully saturated rings. The van der Waals surface area contributed by atoms with Crippen LogP contribution in [0.1, 0.15) is 12.8 Å². The molecular weight excluding hydrogens is 277 g/mol. The van der Waals surface area contributed by atoms with Crippen LogP contribution >= 0.6 is 0 Å². The van der Waals surface area contributed by atoms with Gasteiger partial charge in [-0.25, -0.2) is 0 Å². The van der Waals surface area contributed by atoms with Gasteiger partial charge in [0.25, 0.3) is 0 Å². The Balaban J connectivity index is 2.73. The van der Waals surface area contributed by atoms with E-state index in [2.05, 4.69) is 4.99 Å². The van der Waals surface area contributed by atoms with E-state index in [1.54, 1.807) is 4.90 Å². The summed E-state index contributed by atoms with van der Waals surface area (Å²) in [5.74, 6) is -1.19. The fourth-order valence-corrected chi connectivity index (χ4v) is 2.53. The first-order chi connectivity index (χ1) is 9.81. The average Bonchev–Trinajstić information content (AvgIpc) is 2.75. The molecule has 1 aliphatic heterocycles. The minimum absolute atomic E-state index is 0.0780. The summed E-state index contributed by atoms with van der Waals surface area (Å²) >= 11 is 0. The molecule has 21 heavy (non-hydrogen) atoms. The number of hydrogen-bond acceptors (Lipinski definition) is 6. The molecule has 120 valence electrons. The Bertz CT molecular complexity index is 395. The number of rotatable bonds is 7. The number of aliphatic carboxylic acids is 1. The van der Waals surface area contributed by atoms with Gasteiger partial charge in [0.2, 0.25) is 0 Å². The third kappa shape index (κ3) is 4.56. The standard InChI is InChI=1S/C11H24BN5O4/c13-4-5-16-10(14)17-6-8(2-1-3-12(20)21)11(15,7-17)9(18)19/h8,20-21H,1-7,13,15H2,(H2,14,16)(H,18,19). The van der Waals surface area contributed by atoms with Crippen molar-refractivity contribution in [1.29, 1.82) is 0 Å². The van der Waals surface area contributed by atoms with Crippen LogP contribution in [0.5, 0.6) is 0 Å². The van der Waals surface area contributed by atoms with E-state index in [1.807, 2.05) is 0 Å². The van der Waals surface area contributed by atoms with Crippen molar-refractivity contribution in [2.45, 2.75) is 24.7 Å². The van der Waals surface area contributed by atoms with Gasteiger partial charge in [0.15, 0.2) is 5.96 Å². The summed E-state index contributed by atoms with van der Waals surface area (Å²) in [7, 11) is -1.39. The number of hydrogen-bond donors (Lipinski definition) is 6. The van der Waals surface area contributed by atoms with Gasteiger partial charge in [0, 0.05) is 25.6 Å². The molecule has 0 saturated carbocycles. The van der Waals surface area contributed by atoms with Crippen molar-refractivity contribution in [3.63, 3.8) is 0 Å². The normalized spacial score (nSPS) is 26.2. The topological polar surface area (TPSA) is 171 Å². The van der Waals surface area contributed by atoms with Gasteiger partial charge in [0.1, 0.15) is 5.54 Å². The van der Waals surface area contributed by atoms with Crippen molar-refractivity contribution in [1.82, 2.24) is 4.90 Å². The third-order valence-corrected chi connectivity index (χ3v) is 3.76. The van der Waals surface area contributed by atoms with Gasteiger partial charge >= 0.3 is 13.1 Å². The molecule has 1 saturated heterocycles. The summed E-state index contributed by atoms with van der Waals surface area (Å²) in [6.45, 7) is 1.19. The highest BCUT2D eigenvalue weighted by Crippen LogP contribution is 2.30. The maximum absolute atomic E-state index is 11.5. The maximum Gasteiger partial charge on any atom is 0.451 e. The number of nitrogens with zero attached hydrogens (tertiary/aromatic N) is 2. The molecule has 10 heteroatoms. The second-order valence-electron chi connectivity index (χ2n) is 5.36. The molecule has 0 spiro atoms. The zero-order valence-electron chi connectivity index (χ0n) is 12.0. The van der Waals surface area contributed by atoms with Gasteiger partial charge in [-0.2, -0.15) is 0 Å². The van der Waals surface area contributed by atoms with Gasteiger partial charge in [0.05, 0.1) is 6.54 Å². The second kappa shape index (κ2) is 7.60. The van der Waals surface area contributed by atoms with Crippen LogP contribution in [0.4, 0.5) is 0 Å². The Morgan fingerprint density at radius 3 is 2.67 bits per heavy atom. The van der Waals surface area contributed by atoms with Gasteiger partial charge < -0.3 is 37.3 Å². The van der Waals surface area contributed by atoms with Crippen LogP contribution in [0.25, 0.3) is 0 Å². The molecule has 9 nitrogen and oxygen atoms in total. The molecule has 1 aliphatic rings. The molecule has 9 N–H and O–H groups in total. The largest absolute Gasteiger partial charge is 0.480 e. The fraction of sp³-hybridized carbons (Fsp3) is 0.818. The zero-order chi connectivity index (χ0) is 16.0. The van der Waals surface area contributed by atoms with Crippen molar-refractivity contribution in [2.24, 2.45) is 28.1 Å². The highest BCUT2D eigenvalue weighted by molar-refractivity contribution is 6.40. The van der Waals surface area contributed by atoms with Gasteiger partial charge in [-0.3, -0.25) is 9.79 Å². The first-order valence-electron chi connectivity index (χ1n) is 6.94. The van der Waals surface area contributed by atoms with Crippen molar-refractivity contribution in [3.05, 3.63) is 0 Å². The van der Waals surface area contributed by atoms with E-state index in [0.717, 1.165) is 0 Å². The Morgan fingerprint density at radius 2 is 2.14 bits per heavy atom. The van der Waals surface area contributed by atoms with E-state index in [1.165, 1.54) is 0 Å². The smallest absolute Gasteiger partial charge is 0.451 e. The van der Waals surface area contributed by atoms with Gasteiger partial charge in [-0.1, -0.05) is 6.42 Å². The third-order valence-electron chi connectivity index (χ3n) is 3.76. The molecule has 0 radical (unpaired) electrons. The van der Waals surface area contributed by atoms with Gasteiger partial charge in [-0.05, 0) is 12.7 Å². The molecule has 0 bridgehead atoms. The quantitative estimate of drug-likeness (QED) is 0.166. The molecule has 2 atom stereocenters. The molecule has 0 aromatic carbocycles. The van der Waals surface area contributed by atoms with E-state index < -0.39 is 18.6 Å². The highest BCUT2D eigenvalue weighted by Gasteiger charge is 2.49. The van der Waals surface area contributed by atoms with Crippen LogP contribution in [0, 0.1) is 5.92 Å². The van der Waals surface area contributed by atoms with Crippen LogP contribution in [-0.4, -0.2) is 70.8 Å². The lowest BCUT2D eigenvalue weighted by Crippen LogP contribution is -2.55. The zero-order valence-corrected chi connectivity index (χ0v) is 12.0. The molecule has 0 amide bonds. The minimum Gasteiger partial charge on any atom is -0.480 e. The number of carboxylic acids is 1. The van der Waals surface area contributed by atoms with Crippen molar-refractivity contribution in [2.75, 3.05) is 26.2 Å². The van der Waals surface area contributed by atoms with E-state index in [0.29, 0.717) is 32.5 Å². The highest BCUT2D eigenvalue weighted by atomic mass is 16.4. The summed E-state index contributed by atoms with van der Waals surface area (Å²) in [6, 6.07) is 0. The summed E-state index contributed by atoms with van der Waals surface area (Å²) in [4.78, 5) is 17.2. The summed E-state index contributed by atoms with van der Waals surface area (Å²) in [5, 5.41) is 27.1. The van der Waals surface area contributed by atoms with E-state index in [9.17, 15) is 9.90 Å². The molecule has 0 aliphatic carbocycles. The Kier molecular flexibility index (Phi) is 6.40. The predicted molar refractivity (Wildman–Crippen MR) is 79.4 cm³/mol. The Labute approximate surface area is 123 Å². The Morgan fingerprint density at radius 1 is 1.48 bits per heavy atom. The van der Waals surface area contributed by atoms with Crippen molar-refractivity contribution < 1.29 is 19.9 Å².